The summed E-state index contributed by atoms with van der Waals surface area (Å²) in [4.78, 5) is 2.09. The van der Waals surface area contributed by atoms with E-state index in [4.69, 9.17) is 11.6 Å². The van der Waals surface area contributed by atoms with Gasteiger partial charge in [-0.3, -0.25) is 0 Å². The topological polar surface area (TPSA) is 15.3 Å². The lowest BCUT2D eigenvalue weighted by Gasteiger charge is -2.38. The Labute approximate surface area is 113 Å². The van der Waals surface area contributed by atoms with Crippen molar-refractivity contribution < 1.29 is 4.39 Å². The molecule has 1 saturated heterocycles. The van der Waals surface area contributed by atoms with Crippen LogP contribution in [-0.2, 0) is 0 Å². The zero-order chi connectivity index (χ0) is 13.1. The molecule has 4 heteroatoms. The van der Waals surface area contributed by atoms with E-state index in [2.05, 4.69) is 24.1 Å². The number of piperazine rings is 1. The fraction of sp³-hybridized carbons (Fsp3) is 0.571. The van der Waals surface area contributed by atoms with Crippen molar-refractivity contribution in [3.63, 3.8) is 0 Å². The van der Waals surface area contributed by atoms with Gasteiger partial charge in [0.15, 0.2) is 5.82 Å². The first-order valence-corrected chi connectivity index (χ1v) is 6.93. The van der Waals surface area contributed by atoms with Gasteiger partial charge in [-0.15, -0.1) is 0 Å². The van der Waals surface area contributed by atoms with Crippen molar-refractivity contribution in [1.29, 1.82) is 0 Å². The first kappa shape index (κ1) is 13.6. The highest BCUT2D eigenvalue weighted by Gasteiger charge is 2.25. The number of hydrogen-bond acceptors (Lipinski definition) is 2. The molecule has 2 rings (SSSR count). The van der Waals surface area contributed by atoms with E-state index in [0.717, 1.165) is 26.1 Å². The molecule has 0 aliphatic carbocycles. The quantitative estimate of drug-likeness (QED) is 0.907. The number of nitrogens with one attached hydrogen (secondary N) is 1. The Bertz CT molecular complexity index is 411. The van der Waals surface area contributed by atoms with Crippen LogP contribution in [0.25, 0.3) is 0 Å². The summed E-state index contributed by atoms with van der Waals surface area (Å²) in [6, 6.07) is 5.62. The van der Waals surface area contributed by atoms with Crippen molar-refractivity contribution in [3.05, 3.63) is 29.0 Å². The molecule has 2 atom stereocenters. The smallest absolute Gasteiger partial charge is 0.165 e. The Balaban J connectivity index is 2.15. The molecular formula is C14H20ClFN2. The summed E-state index contributed by atoms with van der Waals surface area (Å²) < 4.78 is 14.0. The zero-order valence-corrected chi connectivity index (χ0v) is 11.7. The van der Waals surface area contributed by atoms with Crippen molar-refractivity contribution in [2.24, 2.45) is 5.92 Å². The van der Waals surface area contributed by atoms with Crippen molar-refractivity contribution >= 4 is 17.3 Å². The van der Waals surface area contributed by atoms with Crippen molar-refractivity contribution in [3.8, 4) is 0 Å². The molecule has 1 N–H and O–H groups in total. The van der Waals surface area contributed by atoms with Gasteiger partial charge in [0.2, 0.25) is 0 Å². The molecule has 1 aromatic rings. The lowest BCUT2D eigenvalue weighted by Crippen LogP contribution is -2.53. The molecule has 0 bridgehead atoms. The Morgan fingerprint density at radius 3 is 3.06 bits per heavy atom. The highest BCUT2D eigenvalue weighted by Crippen LogP contribution is 2.27. The van der Waals surface area contributed by atoms with Crippen molar-refractivity contribution in [1.82, 2.24) is 5.32 Å². The van der Waals surface area contributed by atoms with Gasteiger partial charge in [0.1, 0.15) is 0 Å². The minimum atomic E-state index is -0.302. The summed E-state index contributed by atoms with van der Waals surface area (Å²) in [5.41, 5.74) is 0.623. The van der Waals surface area contributed by atoms with Crippen LogP contribution in [0.15, 0.2) is 18.2 Å². The maximum absolute atomic E-state index is 14.0. The van der Waals surface area contributed by atoms with E-state index < -0.39 is 0 Å². The van der Waals surface area contributed by atoms with E-state index in [0.29, 0.717) is 17.6 Å². The van der Waals surface area contributed by atoms with Crippen molar-refractivity contribution in [2.45, 2.75) is 26.3 Å². The van der Waals surface area contributed by atoms with Crippen LogP contribution in [0.3, 0.4) is 0 Å². The number of benzene rings is 1. The highest BCUT2D eigenvalue weighted by atomic mass is 35.5. The molecule has 0 aromatic heterocycles. The van der Waals surface area contributed by atoms with Gasteiger partial charge >= 0.3 is 0 Å². The molecule has 1 fully saturated rings. The van der Waals surface area contributed by atoms with E-state index in [9.17, 15) is 4.39 Å². The third-order valence-corrected chi connectivity index (χ3v) is 4.10. The molecule has 1 aliphatic heterocycles. The maximum atomic E-state index is 14.0. The normalized spacial score (nSPS) is 22.0. The summed E-state index contributed by atoms with van der Waals surface area (Å²) >= 11 is 5.84. The Morgan fingerprint density at radius 1 is 1.56 bits per heavy atom. The second kappa shape index (κ2) is 5.89. The highest BCUT2D eigenvalue weighted by molar-refractivity contribution is 6.31. The fourth-order valence-electron chi connectivity index (χ4n) is 2.40. The van der Waals surface area contributed by atoms with Crippen LogP contribution in [0.5, 0.6) is 0 Å². The average Bonchev–Trinajstić information content (AvgIpc) is 2.41. The monoisotopic (exact) mass is 270 g/mol. The fourth-order valence-corrected chi connectivity index (χ4v) is 2.57. The van der Waals surface area contributed by atoms with Crippen LogP contribution >= 0.6 is 11.6 Å². The Hall–Kier alpha value is -0.800. The summed E-state index contributed by atoms with van der Waals surface area (Å²) in [5, 5.41) is 3.71. The second-order valence-electron chi connectivity index (χ2n) is 4.97. The average molecular weight is 271 g/mol. The van der Waals surface area contributed by atoms with Gasteiger partial charge in [0.25, 0.3) is 0 Å². The third-order valence-electron chi connectivity index (χ3n) is 3.81. The lowest BCUT2D eigenvalue weighted by atomic mass is 9.97. The number of nitrogens with zero attached hydrogens (tertiary/aromatic N) is 1. The van der Waals surface area contributed by atoms with Gasteiger partial charge in [0.05, 0.1) is 10.7 Å². The largest absolute Gasteiger partial charge is 0.366 e. The molecule has 1 aliphatic rings. The number of halogens is 2. The van der Waals surface area contributed by atoms with Crippen LogP contribution in [0.2, 0.25) is 5.02 Å². The minimum Gasteiger partial charge on any atom is -0.366 e. The van der Waals surface area contributed by atoms with Gasteiger partial charge < -0.3 is 10.2 Å². The molecule has 0 saturated carbocycles. The SMILES string of the molecule is CCC(C)C1CN(c2cccc(Cl)c2F)CCN1. The first-order chi connectivity index (χ1) is 8.63. The first-order valence-electron chi connectivity index (χ1n) is 6.55. The molecule has 0 spiro atoms. The standard InChI is InChI=1S/C14H20ClFN2/c1-3-10(2)12-9-18(8-7-17-12)13-6-4-5-11(15)14(13)16/h4-6,10,12,17H,3,7-9H2,1-2H3. The van der Waals surface area contributed by atoms with Crippen LogP contribution in [0.4, 0.5) is 10.1 Å². The van der Waals surface area contributed by atoms with E-state index in [-0.39, 0.29) is 10.8 Å². The molecule has 1 aromatic carbocycles. The molecule has 18 heavy (non-hydrogen) atoms. The molecule has 2 unspecified atom stereocenters. The van der Waals surface area contributed by atoms with Crippen LogP contribution in [0.1, 0.15) is 20.3 Å². The Morgan fingerprint density at radius 2 is 2.33 bits per heavy atom. The van der Waals surface area contributed by atoms with E-state index in [1.165, 1.54) is 0 Å². The Kier molecular flexibility index (Phi) is 4.46. The predicted octanol–water partition coefficient (Wildman–Crippen LogP) is 3.30. The summed E-state index contributed by atoms with van der Waals surface area (Å²) in [6.45, 7) is 6.97. The van der Waals surface area contributed by atoms with Gasteiger partial charge in [-0.25, -0.2) is 4.39 Å². The third kappa shape index (κ3) is 2.78. The van der Waals surface area contributed by atoms with Crippen LogP contribution < -0.4 is 10.2 Å². The molecule has 100 valence electrons. The van der Waals surface area contributed by atoms with Crippen LogP contribution in [0, 0.1) is 11.7 Å². The second-order valence-corrected chi connectivity index (χ2v) is 5.37. The van der Waals surface area contributed by atoms with Crippen molar-refractivity contribution in [2.75, 3.05) is 24.5 Å². The van der Waals surface area contributed by atoms with Gasteiger partial charge in [0, 0.05) is 25.7 Å². The number of rotatable bonds is 3. The van der Waals surface area contributed by atoms with E-state index >= 15 is 0 Å². The molecular weight excluding hydrogens is 251 g/mol. The number of anilines is 1. The number of hydrogen-bond donors (Lipinski definition) is 1. The maximum Gasteiger partial charge on any atom is 0.165 e. The molecule has 0 radical (unpaired) electrons. The lowest BCUT2D eigenvalue weighted by molar-refractivity contribution is 0.340. The molecule has 1 heterocycles. The zero-order valence-electron chi connectivity index (χ0n) is 10.9. The predicted molar refractivity (Wildman–Crippen MR) is 74.9 cm³/mol. The van der Waals surface area contributed by atoms with E-state index in [1.807, 2.05) is 0 Å². The minimum absolute atomic E-state index is 0.200. The summed E-state index contributed by atoms with van der Waals surface area (Å²) in [6.07, 6.45) is 1.13. The molecule has 0 amide bonds. The summed E-state index contributed by atoms with van der Waals surface area (Å²) in [5.74, 6) is 0.291. The van der Waals surface area contributed by atoms with Gasteiger partial charge in [-0.05, 0) is 18.1 Å². The van der Waals surface area contributed by atoms with Crippen LogP contribution in [-0.4, -0.2) is 25.7 Å². The molecule has 2 nitrogen and oxygen atoms in total. The van der Waals surface area contributed by atoms with Gasteiger partial charge in [-0.1, -0.05) is 37.9 Å². The summed E-state index contributed by atoms with van der Waals surface area (Å²) in [7, 11) is 0. The van der Waals surface area contributed by atoms with Gasteiger partial charge in [-0.2, -0.15) is 0 Å². The van der Waals surface area contributed by atoms with E-state index in [1.54, 1.807) is 18.2 Å².